The van der Waals surface area contributed by atoms with E-state index in [0.29, 0.717) is 24.1 Å². The minimum Gasteiger partial charge on any atom is -0.400 e. The van der Waals surface area contributed by atoms with Crippen LogP contribution < -0.4 is 17.2 Å². The Morgan fingerprint density at radius 3 is 2.33 bits per heavy atom. The Bertz CT molecular complexity index is 697. The van der Waals surface area contributed by atoms with Crippen molar-refractivity contribution in [3.8, 4) is 0 Å². The monoisotopic (exact) mass is 381 g/mol. The summed E-state index contributed by atoms with van der Waals surface area (Å²) in [4.78, 5) is 10.9. The highest BCUT2D eigenvalue weighted by molar-refractivity contribution is 5.75. The average Bonchev–Trinajstić information content (AvgIpc) is 2.57. The summed E-state index contributed by atoms with van der Waals surface area (Å²) in [5.41, 5.74) is 17.7. The van der Waals surface area contributed by atoms with Crippen molar-refractivity contribution in [2.45, 2.75) is 46.1 Å². The topological polar surface area (TPSA) is 104 Å². The molecule has 0 fully saturated rings. The first-order valence-corrected chi connectivity index (χ1v) is 9.01. The molecule has 2 rings (SSSR count). The predicted octanol–water partition coefficient (Wildman–Crippen LogP) is 3.19. The molecule has 0 heterocycles. The summed E-state index contributed by atoms with van der Waals surface area (Å²) >= 11 is 0. The number of carbonyl (C=O) groups is 1. The summed E-state index contributed by atoms with van der Waals surface area (Å²) in [5.74, 6) is -1.87. The molecule has 1 aromatic carbocycles. The van der Waals surface area contributed by atoms with Crippen molar-refractivity contribution in [2.24, 2.45) is 23.1 Å². The molecule has 2 atom stereocenters. The molecule has 1 aliphatic rings. The third kappa shape index (κ3) is 6.67. The van der Waals surface area contributed by atoms with Crippen molar-refractivity contribution >= 4 is 11.6 Å². The van der Waals surface area contributed by atoms with Gasteiger partial charge in [-0.2, -0.15) is 0 Å². The third-order valence-corrected chi connectivity index (χ3v) is 3.91. The minimum absolute atomic E-state index is 0.0497. The van der Waals surface area contributed by atoms with Gasteiger partial charge in [0, 0.05) is 11.4 Å². The summed E-state index contributed by atoms with van der Waals surface area (Å²) in [6, 6.07) is 3.55. The van der Waals surface area contributed by atoms with Crippen molar-refractivity contribution in [3.63, 3.8) is 0 Å². The number of amides is 1. The van der Waals surface area contributed by atoms with Crippen LogP contribution in [0, 0.1) is 17.6 Å². The Labute approximate surface area is 159 Å². The molecule has 1 aliphatic carbocycles. The van der Waals surface area contributed by atoms with Gasteiger partial charge in [-0.1, -0.05) is 33.3 Å². The van der Waals surface area contributed by atoms with Gasteiger partial charge in [0.2, 0.25) is 5.91 Å². The number of benzene rings is 1. The van der Waals surface area contributed by atoms with E-state index in [0.717, 1.165) is 12.1 Å². The van der Waals surface area contributed by atoms with Crippen LogP contribution >= 0.6 is 0 Å². The number of rotatable bonds is 5. The van der Waals surface area contributed by atoms with Gasteiger partial charge in [-0.05, 0) is 42.5 Å². The summed E-state index contributed by atoms with van der Waals surface area (Å²) in [6.45, 7) is 5.99. The molecule has 1 aromatic rings. The number of nitrogens with two attached hydrogens (primary N) is 3. The van der Waals surface area contributed by atoms with Crippen molar-refractivity contribution in [3.05, 3.63) is 52.7 Å². The fraction of sp³-hybridized carbons (Fsp3) is 0.450. The van der Waals surface area contributed by atoms with Gasteiger partial charge >= 0.3 is 0 Å². The molecule has 0 aromatic heterocycles. The van der Waals surface area contributed by atoms with Crippen LogP contribution in [0.1, 0.15) is 45.6 Å². The van der Waals surface area contributed by atoms with E-state index in [-0.39, 0.29) is 23.8 Å². The summed E-state index contributed by atoms with van der Waals surface area (Å²) in [6.07, 6.45) is 3.46. The Hall–Kier alpha value is -2.41. The lowest BCUT2D eigenvalue weighted by Gasteiger charge is -2.29. The number of hydrogen-bond donors (Lipinski definition) is 3. The van der Waals surface area contributed by atoms with E-state index in [2.05, 4.69) is 13.8 Å². The van der Waals surface area contributed by atoms with Crippen LogP contribution in [0.5, 0.6) is 0 Å². The molecule has 0 saturated heterocycles. The van der Waals surface area contributed by atoms with Gasteiger partial charge in [-0.15, -0.1) is 0 Å². The highest BCUT2D eigenvalue weighted by atomic mass is 19.1. The number of carbonyl (C=O) groups excluding carboxylic acids is 1. The Balaban J connectivity index is 0.00000114. The van der Waals surface area contributed by atoms with E-state index in [1.54, 1.807) is 0 Å². The molecule has 27 heavy (non-hydrogen) atoms. The second kappa shape index (κ2) is 10.7. The number of hydrogen-bond acceptors (Lipinski definition) is 4. The van der Waals surface area contributed by atoms with Crippen molar-refractivity contribution < 1.29 is 18.3 Å². The maximum absolute atomic E-state index is 13.8. The first-order chi connectivity index (χ1) is 12.7. The van der Waals surface area contributed by atoms with E-state index in [1.165, 1.54) is 18.6 Å². The van der Waals surface area contributed by atoms with Crippen molar-refractivity contribution in [2.75, 3.05) is 6.61 Å². The van der Waals surface area contributed by atoms with E-state index >= 15 is 0 Å². The zero-order valence-electron chi connectivity index (χ0n) is 16.1. The first-order valence-electron chi connectivity index (χ1n) is 9.01. The third-order valence-electron chi connectivity index (χ3n) is 3.91. The molecule has 150 valence electrons. The van der Waals surface area contributed by atoms with Gasteiger partial charge in [0.15, 0.2) is 0 Å². The fourth-order valence-electron chi connectivity index (χ4n) is 2.79. The number of ether oxygens (including phenoxy) is 1. The SMILES string of the molecule is CC1CC(/C=C(\N)c2c(F)cccc2F)=C(N)C(OCC(N)=O)C1.CCC. The maximum atomic E-state index is 13.8. The number of allylic oxidation sites excluding steroid dienone is 2. The van der Waals surface area contributed by atoms with Gasteiger partial charge in [-0.25, -0.2) is 8.78 Å². The van der Waals surface area contributed by atoms with Crippen LogP contribution in [-0.4, -0.2) is 18.6 Å². The molecule has 7 heteroatoms. The maximum Gasteiger partial charge on any atom is 0.243 e. The summed E-state index contributed by atoms with van der Waals surface area (Å²) in [7, 11) is 0. The van der Waals surface area contributed by atoms with Gasteiger partial charge in [0.1, 0.15) is 18.2 Å². The van der Waals surface area contributed by atoms with Crippen LogP contribution in [0.2, 0.25) is 0 Å². The highest BCUT2D eigenvalue weighted by Gasteiger charge is 2.26. The quantitative estimate of drug-likeness (QED) is 0.728. The molecule has 0 saturated carbocycles. The van der Waals surface area contributed by atoms with E-state index < -0.39 is 23.6 Å². The lowest BCUT2D eigenvalue weighted by molar-refractivity contribution is -0.124. The molecule has 0 spiro atoms. The summed E-state index contributed by atoms with van der Waals surface area (Å²) in [5, 5.41) is 0. The number of halogens is 2. The van der Waals surface area contributed by atoms with Gasteiger partial charge < -0.3 is 21.9 Å². The highest BCUT2D eigenvalue weighted by Crippen LogP contribution is 2.31. The van der Waals surface area contributed by atoms with Gasteiger partial charge in [0.25, 0.3) is 0 Å². The van der Waals surface area contributed by atoms with Crippen molar-refractivity contribution in [1.82, 2.24) is 0 Å². The first kappa shape index (κ1) is 22.6. The van der Waals surface area contributed by atoms with Gasteiger partial charge in [-0.3, -0.25) is 4.79 Å². The Morgan fingerprint density at radius 1 is 1.26 bits per heavy atom. The normalized spacial score (nSPS) is 20.1. The molecule has 0 radical (unpaired) electrons. The van der Waals surface area contributed by atoms with Crippen molar-refractivity contribution in [1.29, 1.82) is 0 Å². The number of primary amides is 1. The van der Waals surface area contributed by atoms with E-state index in [4.69, 9.17) is 21.9 Å². The zero-order valence-corrected chi connectivity index (χ0v) is 16.1. The second-order valence-electron chi connectivity index (χ2n) is 6.69. The lowest BCUT2D eigenvalue weighted by atomic mass is 9.85. The molecule has 2 unspecified atom stereocenters. The summed E-state index contributed by atoms with van der Waals surface area (Å²) < 4.78 is 33.1. The largest absolute Gasteiger partial charge is 0.400 e. The van der Waals surface area contributed by atoms with E-state index in [1.807, 2.05) is 6.92 Å². The molecular weight excluding hydrogens is 352 g/mol. The molecule has 1 amide bonds. The van der Waals surface area contributed by atoms with E-state index in [9.17, 15) is 13.6 Å². The molecular formula is C20H29F2N3O2. The van der Waals surface area contributed by atoms with Crippen LogP contribution in [-0.2, 0) is 9.53 Å². The zero-order chi connectivity index (χ0) is 20.6. The Morgan fingerprint density at radius 2 is 1.81 bits per heavy atom. The Kier molecular flexibility index (Phi) is 8.94. The van der Waals surface area contributed by atoms with Gasteiger partial charge in [0.05, 0.1) is 11.7 Å². The standard InChI is InChI=1S/C17H21F2N3O2.C3H8/c1-9-5-10(17(22)14(6-9)24-8-15(21)23)7-13(20)16-11(18)3-2-4-12(16)19;1-3-2/h2-4,7,9,14H,5-6,8,20,22H2,1H3,(H2,21,23);3H2,1-2H3/b13-7-;. The predicted molar refractivity (Wildman–Crippen MR) is 103 cm³/mol. The van der Waals surface area contributed by atoms with Crippen LogP contribution in [0.25, 0.3) is 5.70 Å². The second-order valence-corrected chi connectivity index (χ2v) is 6.69. The molecule has 0 aliphatic heterocycles. The molecule has 6 N–H and O–H groups in total. The molecule has 5 nitrogen and oxygen atoms in total. The fourth-order valence-corrected chi connectivity index (χ4v) is 2.79. The van der Waals surface area contributed by atoms with Crippen LogP contribution in [0.3, 0.4) is 0 Å². The lowest BCUT2D eigenvalue weighted by Crippen LogP contribution is -2.32. The average molecular weight is 381 g/mol. The molecule has 0 bridgehead atoms. The minimum atomic E-state index is -0.742. The van der Waals surface area contributed by atoms with Crippen LogP contribution in [0.15, 0.2) is 35.5 Å². The smallest absolute Gasteiger partial charge is 0.243 e. The van der Waals surface area contributed by atoms with Crippen LogP contribution in [0.4, 0.5) is 8.78 Å².